The Morgan fingerprint density at radius 1 is 1.04 bits per heavy atom. The SMILES string of the molecule is Clc1ccccc1-c1nc2c([nH]1)c(OC1CCCCC1)nc1cc(Br)ccc12. The van der Waals surface area contributed by atoms with E-state index in [-0.39, 0.29) is 6.10 Å². The molecule has 4 nitrogen and oxygen atoms in total. The fraction of sp³-hybridized carbons (Fsp3) is 0.273. The summed E-state index contributed by atoms with van der Waals surface area (Å²) in [4.78, 5) is 13.1. The molecule has 4 aromatic rings. The largest absolute Gasteiger partial charge is 0.473 e. The first-order valence-corrected chi connectivity index (χ1v) is 10.8. The van der Waals surface area contributed by atoms with E-state index in [1.165, 1.54) is 19.3 Å². The second-order valence-corrected chi connectivity index (χ2v) is 8.57. The van der Waals surface area contributed by atoms with Gasteiger partial charge in [0.15, 0.2) is 0 Å². The Balaban J connectivity index is 1.71. The summed E-state index contributed by atoms with van der Waals surface area (Å²) in [7, 11) is 0. The van der Waals surface area contributed by atoms with Crippen molar-refractivity contribution < 1.29 is 4.74 Å². The first-order chi connectivity index (χ1) is 13.7. The number of rotatable bonds is 3. The maximum atomic E-state index is 6.41. The second kappa shape index (κ2) is 7.37. The molecule has 142 valence electrons. The summed E-state index contributed by atoms with van der Waals surface area (Å²) in [6, 6.07) is 13.8. The highest BCUT2D eigenvalue weighted by molar-refractivity contribution is 9.10. The van der Waals surface area contributed by atoms with Crippen LogP contribution in [-0.2, 0) is 0 Å². The van der Waals surface area contributed by atoms with Crippen molar-refractivity contribution in [2.24, 2.45) is 0 Å². The van der Waals surface area contributed by atoms with Gasteiger partial charge in [0.1, 0.15) is 23.0 Å². The van der Waals surface area contributed by atoms with E-state index in [0.29, 0.717) is 10.9 Å². The maximum absolute atomic E-state index is 6.41. The lowest BCUT2D eigenvalue weighted by molar-refractivity contribution is 0.151. The van der Waals surface area contributed by atoms with Crippen LogP contribution in [0.25, 0.3) is 33.3 Å². The molecule has 0 unspecified atom stereocenters. The number of H-pyrrole nitrogens is 1. The highest BCUT2D eigenvalue weighted by Crippen LogP contribution is 2.35. The zero-order chi connectivity index (χ0) is 19.1. The smallest absolute Gasteiger partial charge is 0.240 e. The van der Waals surface area contributed by atoms with Gasteiger partial charge in [-0.3, -0.25) is 0 Å². The van der Waals surface area contributed by atoms with Crippen LogP contribution in [0.2, 0.25) is 5.02 Å². The van der Waals surface area contributed by atoms with Gasteiger partial charge < -0.3 is 9.72 Å². The summed E-state index contributed by atoms with van der Waals surface area (Å²) in [6.07, 6.45) is 6.06. The Morgan fingerprint density at radius 3 is 2.68 bits per heavy atom. The van der Waals surface area contributed by atoms with Gasteiger partial charge in [-0.1, -0.05) is 46.1 Å². The summed E-state index contributed by atoms with van der Waals surface area (Å²) in [5, 5.41) is 1.65. The number of hydrogen-bond donors (Lipinski definition) is 1. The molecule has 1 fully saturated rings. The van der Waals surface area contributed by atoms with Crippen LogP contribution in [-0.4, -0.2) is 21.1 Å². The van der Waals surface area contributed by atoms with Crippen LogP contribution in [0, 0.1) is 0 Å². The van der Waals surface area contributed by atoms with Crippen molar-refractivity contribution in [2.75, 3.05) is 0 Å². The molecule has 2 aromatic heterocycles. The highest BCUT2D eigenvalue weighted by Gasteiger charge is 2.21. The molecule has 28 heavy (non-hydrogen) atoms. The predicted molar refractivity (Wildman–Crippen MR) is 117 cm³/mol. The molecular formula is C22H19BrClN3O. The van der Waals surface area contributed by atoms with Gasteiger partial charge >= 0.3 is 0 Å². The van der Waals surface area contributed by atoms with Crippen LogP contribution in [0.5, 0.6) is 5.88 Å². The predicted octanol–water partition coefficient (Wildman–Crippen LogP) is 6.91. The van der Waals surface area contributed by atoms with Crippen LogP contribution in [0.4, 0.5) is 0 Å². The average Bonchev–Trinajstić information content (AvgIpc) is 3.14. The normalized spacial score (nSPS) is 15.4. The van der Waals surface area contributed by atoms with Gasteiger partial charge in [-0.05, 0) is 56.0 Å². The number of fused-ring (bicyclic) bond motifs is 3. The van der Waals surface area contributed by atoms with E-state index in [1.807, 2.05) is 42.5 Å². The van der Waals surface area contributed by atoms with Crippen molar-refractivity contribution in [1.29, 1.82) is 0 Å². The number of nitrogens with zero attached hydrogens (tertiary/aromatic N) is 2. The molecule has 1 aliphatic carbocycles. The summed E-state index contributed by atoms with van der Waals surface area (Å²) in [6.45, 7) is 0. The number of halogens is 2. The number of aromatic nitrogens is 3. The van der Waals surface area contributed by atoms with E-state index in [0.717, 1.165) is 50.6 Å². The van der Waals surface area contributed by atoms with Gasteiger partial charge in [0.25, 0.3) is 0 Å². The first kappa shape index (κ1) is 18.0. The molecule has 0 atom stereocenters. The third kappa shape index (κ3) is 3.27. The second-order valence-electron chi connectivity index (χ2n) is 7.25. The van der Waals surface area contributed by atoms with E-state index in [1.54, 1.807) is 0 Å². The van der Waals surface area contributed by atoms with Gasteiger partial charge in [0, 0.05) is 15.4 Å². The average molecular weight is 457 g/mol. The van der Waals surface area contributed by atoms with Crippen molar-refractivity contribution >= 4 is 49.5 Å². The molecule has 1 N–H and O–H groups in total. The Kier molecular flexibility index (Phi) is 4.73. The van der Waals surface area contributed by atoms with E-state index in [2.05, 4.69) is 20.9 Å². The van der Waals surface area contributed by atoms with E-state index in [9.17, 15) is 0 Å². The lowest BCUT2D eigenvalue weighted by Crippen LogP contribution is -2.20. The molecule has 0 saturated heterocycles. The molecular weight excluding hydrogens is 438 g/mol. The number of ether oxygens (including phenoxy) is 1. The number of pyridine rings is 1. The molecule has 0 spiro atoms. The number of nitrogens with one attached hydrogen (secondary N) is 1. The van der Waals surface area contributed by atoms with Gasteiger partial charge in [-0.2, -0.15) is 0 Å². The minimum Gasteiger partial charge on any atom is -0.473 e. The standard InChI is InChI=1S/C22H19BrClN3O/c23-13-10-11-16-18(12-13)25-22(28-14-6-2-1-3-7-14)20-19(16)26-21(27-20)15-8-4-5-9-17(15)24/h4-5,8-12,14H,1-3,6-7H2,(H,26,27). The molecule has 1 aliphatic rings. The summed E-state index contributed by atoms with van der Waals surface area (Å²) in [5.74, 6) is 1.35. The molecule has 2 aromatic carbocycles. The van der Waals surface area contributed by atoms with E-state index < -0.39 is 0 Å². The summed E-state index contributed by atoms with van der Waals surface area (Å²) < 4.78 is 7.35. The molecule has 6 heteroatoms. The third-order valence-electron chi connectivity index (χ3n) is 5.31. The van der Waals surface area contributed by atoms with Crippen LogP contribution < -0.4 is 4.74 Å². The lowest BCUT2D eigenvalue weighted by atomic mass is 9.98. The van der Waals surface area contributed by atoms with Crippen molar-refractivity contribution in [2.45, 2.75) is 38.2 Å². The quantitative estimate of drug-likeness (QED) is 0.364. The van der Waals surface area contributed by atoms with Crippen LogP contribution >= 0.6 is 27.5 Å². The molecule has 0 aliphatic heterocycles. The zero-order valence-corrected chi connectivity index (χ0v) is 17.6. The molecule has 0 radical (unpaired) electrons. The van der Waals surface area contributed by atoms with Crippen molar-refractivity contribution in [3.05, 3.63) is 52.0 Å². The molecule has 1 saturated carbocycles. The monoisotopic (exact) mass is 455 g/mol. The minimum absolute atomic E-state index is 0.209. The minimum atomic E-state index is 0.209. The Hall–Kier alpha value is -2.11. The lowest BCUT2D eigenvalue weighted by Gasteiger charge is -2.22. The van der Waals surface area contributed by atoms with Crippen molar-refractivity contribution in [3.8, 4) is 17.3 Å². The number of imidazole rings is 1. The Bertz CT molecular complexity index is 1170. The van der Waals surface area contributed by atoms with E-state index in [4.69, 9.17) is 26.3 Å². The van der Waals surface area contributed by atoms with Gasteiger partial charge in [-0.25, -0.2) is 9.97 Å². The van der Waals surface area contributed by atoms with Crippen LogP contribution in [0.3, 0.4) is 0 Å². The van der Waals surface area contributed by atoms with Crippen molar-refractivity contribution in [1.82, 2.24) is 15.0 Å². The van der Waals surface area contributed by atoms with E-state index >= 15 is 0 Å². The fourth-order valence-corrected chi connectivity index (χ4v) is 4.47. The van der Waals surface area contributed by atoms with Crippen molar-refractivity contribution in [3.63, 3.8) is 0 Å². The maximum Gasteiger partial charge on any atom is 0.240 e. The number of hydrogen-bond acceptors (Lipinski definition) is 3. The summed E-state index contributed by atoms with van der Waals surface area (Å²) in [5.41, 5.74) is 3.42. The number of benzene rings is 2. The molecule has 0 bridgehead atoms. The number of aromatic amines is 1. The first-order valence-electron chi connectivity index (χ1n) is 9.59. The zero-order valence-electron chi connectivity index (χ0n) is 15.2. The van der Waals surface area contributed by atoms with Gasteiger partial charge in [-0.15, -0.1) is 0 Å². The van der Waals surface area contributed by atoms with Gasteiger partial charge in [0.2, 0.25) is 5.88 Å². The van der Waals surface area contributed by atoms with Crippen LogP contribution in [0.15, 0.2) is 46.9 Å². The Morgan fingerprint density at radius 2 is 1.86 bits per heavy atom. The molecule has 0 amide bonds. The van der Waals surface area contributed by atoms with Crippen LogP contribution in [0.1, 0.15) is 32.1 Å². The topological polar surface area (TPSA) is 50.8 Å². The van der Waals surface area contributed by atoms with Gasteiger partial charge in [0.05, 0.1) is 10.5 Å². The Labute approximate surface area is 176 Å². The third-order valence-corrected chi connectivity index (χ3v) is 6.14. The molecule has 5 rings (SSSR count). The summed E-state index contributed by atoms with van der Waals surface area (Å²) >= 11 is 9.95. The fourth-order valence-electron chi connectivity index (χ4n) is 3.89. The highest BCUT2D eigenvalue weighted by atomic mass is 79.9. The molecule has 2 heterocycles.